The van der Waals surface area contributed by atoms with Crippen molar-refractivity contribution in [2.24, 2.45) is 0 Å². The largest absolute Gasteiger partial charge is 0.450 e. The quantitative estimate of drug-likeness (QED) is 0.667. The Hall–Kier alpha value is -2.63. The molecule has 0 aliphatic rings. The van der Waals surface area contributed by atoms with Crippen molar-refractivity contribution >= 4 is 11.5 Å². The van der Waals surface area contributed by atoms with E-state index >= 15 is 0 Å². The molecule has 0 aliphatic carbocycles. The van der Waals surface area contributed by atoms with Gasteiger partial charge in [0.15, 0.2) is 0 Å². The highest BCUT2D eigenvalue weighted by Gasteiger charge is 2.20. The van der Waals surface area contributed by atoms with Gasteiger partial charge in [0.1, 0.15) is 5.75 Å². The lowest BCUT2D eigenvalue weighted by atomic mass is 10.3. The Kier molecular flexibility index (Phi) is 8.92. The molecular weight excluding hydrogens is 270 g/mol. The predicted octanol–water partition coefficient (Wildman–Crippen LogP) is 4.42. The molecule has 0 saturated heterocycles. The first-order valence-electron chi connectivity index (χ1n) is 6.80. The van der Waals surface area contributed by atoms with Gasteiger partial charge in [-0.1, -0.05) is 45.9 Å². The molecule has 0 unspecified atom stereocenters. The summed E-state index contributed by atoms with van der Waals surface area (Å²) in [6.07, 6.45) is 1.36. The van der Waals surface area contributed by atoms with E-state index in [1.54, 1.807) is 24.3 Å². The lowest BCUT2D eigenvalue weighted by Gasteiger charge is -2.06. The van der Waals surface area contributed by atoms with Crippen LogP contribution in [0.5, 0.6) is 11.5 Å². The molecule has 114 valence electrons. The van der Waals surface area contributed by atoms with E-state index in [9.17, 15) is 10.1 Å². The van der Waals surface area contributed by atoms with E-state index in [4.69, 9.17) is 10.5 Å². The van der Waals surface area contributed by atoms with Gasteiger partial charge in [-0.2, -0.15) is 0 Å². The molecule has 2 rings (SSSR count). The third-order valence-corrected chi connectivity index (χ3v) is 2.07. The summed E-state index contributed by atoms with van der Waals surface area (Å²) in [6.45, 7) is 8.00. The van der Waals surface area contributed by atoms with Gasteiger partial charge in [-0.15, -0.1) is 0 Å². The molecule has 6 nitrogen and oxygen atoms in total. The Morgan fingerprint density at radius 2 is 1.67 bits per heavy atom. The molecule has 1 aromatic heterocycles. The normalized spacial score (nSPS) is 8.57. The maximum Gasteiger partial charge on any atom is 0.353 e. The second-order valence-electron chi connectivity index (χ2n) is 3.22. The highest BCUT2D eigenvalue weighted by molar-refractivity contribution is 5.61. The van der Waals surface area contributed by atoms with Crippen LogP contribution < -0.4 is 10.5 Å². The fraction of sp³-hybridized carbons (Fsp3) is 0.267. The molecule has 2 aromatic rings. The minimum atomic E-state index is -0.611. The number of pyridine rings is 1. The van der Waals surface area contributed by atoms with Gasteiger partial charge in [0.25, 0.3) is 0 Å². The minimum Gasteiger partial charge on any atom is -0.450 e. The zero-order chi connectivity index (χ0) is 16.3. The molecule has 1 aromatic carbocycles. The summed E-state index contributed by atoms with van der Waals surface area (Å²) >= 11 is 0. The number of anilines is 1. The van der Waals surface area contributed by atoms with Gasteiger partial charge in [-0.05, 0) is 12.1 Å². The molecule has 0 spiro atoms. The van der Waals surface area contributed by atoms with Crippen molar-refractivity contribution in [1.29, 1.82) is 0 Å². The summed E-state index contributed by atoms with van der Waals surface area (Å²) in [6, 6.07) is 10.2. The van der Waals surface area contributed by atoms with Crippen LogP contribution >= 0.6 is 0 Å². The molecule has 0 saturated carbocycles. The van der Waals surface area contributed by atoms with Gasteiger partial charge in [0.2, 0.25) is 11.6 Å². The molecule has 0 fully saturated rings. The molecule has 0 radical (unpaired) electrons. The highest BCUT2D eigenvalue weighted by Crippen LogP contribution is 2.34. The maximum absolute atomic E-state index is 10.8. The molecule has 2 N–H and O–H groups in total. The monoisotopic (exact) mass is 291 g/mol. The molecule has 0 amide bonds. The van der Waals surface area contributed by atoms with Crippen LogP contribution in [0, 0.1) is 10.1 Å². The number of para-hydroxylation sites is 1. The Morgan fingerprint density at radius 1 is 1.10 bits per heavy atom. The third-order valence-electron chi connectivity index (χ3n) is 2.07. The SMILES string of the molecule is CC.CC.Nc1nccc(Oc2ccccc2)c1[N+](=O)[O-]. The van der Waals surface area contributed by atoms with Gasteiger partial charge in [-0.3, -0.25) is 10.1 Å². The van der Waals surface area contributed by atoms with Crippen molar-refractivity contribution < 1.29 is 9.66 Å². The fourth-order valence-corrected chi connectivity index (χ4v) is 1.33. The second-order valence-corrected chi connectivity index (χ2v) is 3.22. The predicted molar refractivity (Wildman–Crippen MR) is 84.5 cm³/mol. The van der Waals surface area contributed by atoms with Gasteiger partial charge >= 0.3 is 5.69 Å². The first-order chi connectivity index (χ1) is 10.2. The van der Waals surface area contributed by atoms with Crippen molar-refractivity contribution in [1.82, 2.24) is 4.98 Å². The molecule has 0 bridgehead atoms. The number of hydrogen-bond donors (Lipinski definition) is 1. The van der Waals surface area contributed by atoms with Crippen LogP contribution in [0.3, 0.4) is 0 Å². The van der Waals surface area contributed by atoms with E-state index in [0.717, 1.165) is 0 Å². The molecular formula is C15H21N3O3. The third kappa shape index (κ3) is 5.48. The lowest BCUT2D eigenvalue weighted by Crippen LogP contribution is -2.00. The molecule has 6 heteroatoms. The molecule has 21 heavy (non-hydrogen) atoms. The van der Waals surface area contributed by atoms with Crippen LogP contribution in [0.1, 0.15) is 27.7 Å². The summed E-state index contributed by atoms with van der Waals surface area (Å²) in [5.74, 6) is 0.415. The Labute approximate surface area is 124 Å². The number of aromatic nitrogens is 1. The Morgan fingerprint density at radius 3 is 2.19 bits per heavy atom. The highest BCUT2D eigenvalue weighted by atomic mass is 16.6. The average Bonchev–Trinajstić information content (AvgIpc) is 2.52. The van der Waals surface area contributed by atoms with Crippen LogP contribution in [-0.4, -0.2) is 9.91 Å². The van der Waals surface area contributed by atoms with E-state index in [0.29, 0.717) is 5.75 Å². The van der Waals surface area contributed by atoms with Gasteiger partial charge in [0.05, 0.1) is 4.92 Å². The van der Waals surface area contributed by atoms with Crippen molar-refractivity contribution in [3.05, 3.63) is 52.7 Å². The van der Waals surface area contributed by atoms with Gasteiger partial charge in [-0.25, -0.2) is 4.98 Å². The standard InChI is InChI=1S/C11H9N3O3.2C2H6/c12-11-10(14(15)16)9(6-7-13-11)17-8-4-2-1-3-5-8;2*1-2/h1-7H,(H2,12,13);2*1-2H3. The lowest BCUT2D eigenvalue weighted by molar-refractivity contribution is -0.384. The Balaban J connectivity index is 0.000000921. The average molecular weight is 291 g/mol. The number of nitrogens with two attached hydrogens (primary N) is 1. The second kappa shape index (κ2) is 10.2. The molecule has 0 atom stereocenters. The summed E-state index contributed by atoms with van der Waals surface area (Å²) in [5.41, 5.74) is 5.12. The smallest absolute Gasteiger partial charge is 0.353 e. The minimum absolute atomic E-state index is 0.0775. The topological polar surface area (TPSA) is 91.3 Å². The van der Waals surface area contributed by atoms with E-state index in [2.05, 4.69) is 4.98 Å². The fourth-order valence-electron chi connectivity index (χ4n) is 1.33. The molecule has 1 heterocycles. The van der Waals surface area contributed by atoms with Crippen LogP contribution in [0.25, 0.3) is 0 Å². The zero-order valence-electron chi connectivity index (χ0n) is 12.7. The van der Waals surface area contributed by atoms with Crippen molar-refractivity contribution in [2.75, 3.05) is 5.73 Å². The first-order valence-corrected chi connectivity index (χ1v) is 6.80. The van der Waals surface area contributed by atoms with E-state index in [1.807, 2.05) is 33.8 Å². The first kappa shape index (κ1) is 18.4. The van der Waals surface area contributed by atoms with Crippen LogP contribution in [0.4, 0.5) is 11.5 Å². The van der Waals surface area contributed by atoms with Crippen LogP contribution in [-0.2, 0) is 0 Å². The summed E-state index contributed by atoms with van der Waals surface area (Å²) < 4.78 is 5.39. The number of nitro groups is 1. The van der Waals surface area contributed by atoms with Crippen molar-refractivity contribution in [2.45, 2.75) is 27.7 Å². The van der Waals surface area contributed by atoms with E-state index in [1.165, 1.54) is 12.3 Å². The number of nitrogens with zero attached hydrogens (tertiary/aromatic N) is 2. The maximum atomic E-state index is 10.8. The Bertz CT molecular complexity index is 545. The number of benzene rings is 1. The molecule has 0 aliphatic heterocycles. The van der Waals surface area contributed by atoms with Gasteiger partial charge in [0, 0.05) is 12.3 Å². The van der Waals surface area contributed by atoms with Crippen LogP contribution in [0.2, 0.25) is 0 Å². The zero-order valence-corrected chi connectivity index (χ0v) is 12.7. The van der Waals surface area contributed by atoms with Crippen molar-refractivity contribution in [3.8, 4) is 11.5 Å². The summed E-state index contributed by atoms with van der Waals surface area (Å²) in [4.78, 5) is 13.9. The number of rotatable bonds is 3. The van der Waals surface area contributed by atoms with Crippen molar-refractivity contribution in [3.63, 3.8) is 0 Å². The van der Waals surface area contributed by atoms with E-state index < -0.39 is 4.92 Å². The van der Waals surface area contributed by atoms with E-state index in [-0.39, 0.29) is 17.3 Å². The number of hydrogen-bond acceptors (Lipinski definition) is 5. The summed E-state index contributed by atoms with van der Waals surface area (Å²) in [7, 11) is 0. The number of nitrogen functional groups attached to an aromatic ring is 1. The van der Waals surface area contributed by atoms with Gasteiger partial charge < -0.3 is 10.5 Å². The van der Waals surface area contributed by atoms with Crippen LogP contribution in [0.15, 0.2) is 42.6 Å². The number of ether oxygens (including phenoxy) is 1. The summed E-state index contributed by atoms with van der Waals surface area (Å²) in [5, 5.41) is 10.8.